The number of methoxy groups -OCH3 is 1. The van der Waals surface area contributed by atoms with Gasteiger partial charge in [-0.1, -0.05) is 18.2 Å². The molecule has 0 spiro atoms. The number of nitrogens with zero attached hydrogens (tertiary/aromatic N) is 4. The first kappa shape index (κ1) is 17.4. The Morgan fingerprint density at radius 3 is 2.92 bits per heavy atom. The number of fused-ring (bicyclic) bond motifs is 1. The second-order valence-electron chi connectivity index (χ2n) is 6.70. The van der Waals surface area contributed by atoms with Crippen LogP contribution in [0.5, 0.6) is 5.75 Å². The zero-order chi connectivity index (χ0) is 17.8. The lowest BCUT2D eigenvalue weighted by molar-refractivity contribution is -0.126. The van der Waals surface area contributed by atoms with Crippen molar-refractivity contribution in [2.75, 3.05) is 13.7 Å². The van der Waals surface area contributed by atoms with Crippen LogP contribution in [0.25, 0.3) is 0 Å². The third-order valence-electron chi connectivity index (χ3n) is 4.32. The molecule has 0 radical (unpaired) electrons. The first-order valence-electron chi connectivity index (χ1n) is 8.58. The van der Waals surface area contributed by atoms with E-state index in [1.165, 1.54) is 0 Å². The van der Waals surface area contributed by atoms with E-state index < -0.39 is 0 Å². The van der Waals surface area contributed by atoms with Crippen LogP contribution in [0.2, 0.25) is 0 Å². The Balaban J connectivity index is 1.82. The van der Waals surface area contributed by atoms with Gasteiger partial charge in [-0.05, 0) is 19.9 Å². The van der Waals surface area contributed by atoms with E-state index in [2.05, 4.69) is 26.4 Å². The van der Waals surface area contributed by atoms with Gasteiger partial charge in [0, 0.05) is 24.7 Å². The third kappa shape index (κ3) is 4.17. The summed E-state index contributed by atoms with van der Waals surface area (Å²) in [5.41, 5.74) is 1.10. The third-order valence-corrected chi connectivity index (χ3v) is 4.32. The maximum Gasteiger partial charge on any atom is 0.226 e. The predicted octanol–water partition coefficient (Wildman–Crippen LogP) is 1.44. The van der Waals surface area contributed by atoms with Crippen molar-refractivity contribution in [3.05, 3.63) is 42.0 Å². The number of benzene rings is 1. The van der Waals surface area contributed by atoms with Crippen LogP contribution in [0.15, 0.2) is 30.6 Å². The Morgan fingerprint density at radius 1 is 1.36 bits per heavy atom. The van der Waals surface area contributed by atoms with Crippen molar-refractivity contribution in [1.29, 1.82) is 0 Å². The van der Waals surface area contributed by atoms with Gasteiger partial charge >= 0.3 is 0 Å². The van der Waals surface area contributed by atoms with Crippen LogP contribution in [-0.2, 0) is 24.4 Å². The molecule has 1 atom stereocenters. The molecule has 7 nitrogen and oxygen atoms in total. The number of para-hydroxylation sites is 1. The fraction of sp³-hybridized carbons (Fsp3) is 0.500. The first-order chi connectivity index (χ1) is 12.1. The number of aromatic nitrogens is 3. The van der Waals surface area contributed by atoms with Crippen molar-refractivity contribution in [3.63, 3.8) is 0 Å². The molecule has 1 aliphatic rings. The summed E-state index contributed by atoms with van der Waals surface area (Å²) in [6.45, 7) is 6.51. The van der Waals surface area contributed by atoms with Crippen LogP contribution < -0.4 is 10.1 Å². The fourth-order valence-corrected chi connectivity index (χ4v) is 3.17. The van der Waals surface area contributed by atoms with E-state index in [1.54, 1.807) is 13.4 Å². The standard InChI is InChI=1S/C18H25N5O2/c1-13(2)21-18(24)15-9-22(11-17-19-12-20-23(17)10-15)8-14-6-4-5-7-16(14)25-3/h4-7,12-13,15H,8-11H2,1-3H3,(H,21,24). The molecule has 1 unspecified atom stereocenters. The molecule has 134 valence electrons. The Labute approximate surface area is 148 Å². The van der Waals surface area contributed by atoms with Crippen LogP contribution in [0.3, 0.4) is 0 Å². The monoisotopic (exact) mass is 343 g/mol. The summed E-state index contributed by atoms with van der Waals surface area (Å²) < 4.78 is 7.30. The lowest BCUT2D eigenvalue weighted by Gasteiger charge is -2.24. The quantitative estimate of drug-likeness (QED) is 0.889. The molecule has 1 aromatic heterocycles. The van der Waals surface area contributed by atoms with Crippen LogP contribution in [0.4, 0.5) is 0 Å². The molecule has 1 N–H and O–H groups in total. The summed E-state index contributed by atoms with van der Waals surface area (Å²) >= 11 is 0. The van der Waals surface area contributed by atoms with Gasteiger partial charge in [0.2, 0.25) is 5.91 Å². The van der Waals surface area contributed by atoms with E-state index in [9.17, 15) is 4.79 Å². The van der Waals surface area contributed by atoms with E-state index >= 15 is 0 Å². The molecule has 0 bridgehead atoms. The van der Waals surface area contributed by atoms with Gasteiger partial charge in [-0.3, -0.25) is 9.69 Å². The van der Waals surface area contributed by atoms with Crippen molar-refractivity contribution in [3.8, 4) is 5.75 Å². The minimum Gasteiger partial charge on any atom is -0.496 e. The van der Waals surface area contributed by atoms with E-state index in [0.29, 0.717) is 26.2 Å². The summed E-state index contributed by atoms with van der Waals surface area (Å²) in [6.07, 6.45) is 1.55. The Morgan fingerprint density at radius 2 is 2.16 bits per heavy atom. The van der Waals surface area contributed by atoms with Gasteiger partial charge in [-0.15, -0.1) is 0 Å². The van der Waals surface area contributed by atoms with Gasteiger partial charge in [-0.2, -0.15) is 5.10 Å². The Bertz CT molecular complexity index is 728. The topological polar surface area (TPSA) is 72.3 Å². The number of hydrogen-bond donors (Lipinski definition) is 1. The number of nitrogens with one attached hydrogen (secondary N) is 1. The van der Waals surface area contributed by atoms with Crippen molar-refractivity contribution in [1.82, 2.24) is 25.0 Å². The highest BCUT2D eigenvalue weighted by atomic mass is 16.5. The van der Waals surface area contributed by atoms with Gasteiger partial charge < -0.3 is 10.1 Å². The number of carbonyl (C=O) groups is 1. The molecule has 2 aromatic rings. The largest absolute Gasteiger partial charge is 0.496 e. The zero-order valence-electron chi connectivity index (χ0n) is 15.0. The summed E-state index contributed by atoms with van der Waals surface area (Å²) in [5, 5.41) is 7.30. The smallest absolute Gasteiger partial charge is 0.226 e. The molecule has 25 heavy (non-hydrogen) atoms. The molecule has 7 heteroatoms. The molecular formula is C18H25N5O2. The van der Waals surface area contributed by atoms with E-state index in [1.807, 2.05) is 36.7 Å². The molecule has 2 heterocycles. The highest BCUT2D eigenvalue weighted by Crippen LogP contribution is 2.22. The SMILES string of the molecule is COc1ccccc1CN1Cc2ncnn2CC(C(=O)NC(C)C)C1. The van der Waals surface area contributed by atoms with Crippen molar-refractivity contribution < 1.29 is 9.53 Å². The Kier molecular flexibility index (Phi) is 5.33. The number of carbonyl (C=O) groups excluding carboxylic acids is 1. The van der Waals surface area contributed by atoms with Crippen LogP contribution in [0, 0.1) is 5.92 Å². The molecule has 0 fully saturated rings. The maximum absolute atomic E-state index is 12.6. The summed E-state index contributed by atoms with van der Waals surface area (Å²) in [7, 11) is 1.68. The second-order valence-corrected chi connectivity index (χ2v) is 6.70. The number of ether oxygens (including phenoxy) is 1. The van der Waals surface area contributed by atoms with Crippen LogP contribution >= 0.6 is 0 Å². The number of amides is 1. The zero-order valence-corrected chi connectivity index (χ0v) is 15.0. The first-order valence-corrected chi connectivity index (χ1v) is 8.58. The number of rotatable bonds is 5. The van der Waals surface area contributed by atoms with Crippen molar-refractivity contribution in [2.45, 2.75) is 39.5 Å². The van der Waals surface area contributed by atoms with E-state index in [-0.39, 0.29) is 17.9 Å². The van der Waals surface area contributed by atoms with Crippen LogP contribution in [0.1, 0.15) is 25.2 Å². The summed E-state index contributed by atoms with van der Waals surface area (Å²) in [5.74, 6) is 1.63. The average molecular weight is 343 g/mol. The average Bonchev–Trinajstić information content (AvgIpc) is 2.93. The van der Waals surface area contributed by atoms with Gasteiger partial charge in [0.25, 0.3) is 0 Å². The van der Waals surface area contributed by atoms with E-state index in [4.69, 9.17) is 4.74 Å². The molecule has 1 amide bonds. The minimum atomic E-state index is -0.167. The summed E-state index contributed by atoms with van der Waals surface area (Å²) in [4.78, 5) is 19.2. The molecule has 1 aromatic carbocycles. The van der Waals surface area contributed by atoms with Gasteiger partial charge in [-0.25, -0.2) is 9.67 Å². The van der Waals surface area contributed by atoms with Gasteiger partial charge in [0.05, 0.1) is 26.1 Å². The predicted molar refractivity (Wildman–Crippen MR) is 93.9 cm³/mol. The molecule has 0 aliphatic carbocycles. The fourth-order valence-electron chi connectivity index (χ4n) is 3.17. The highest BCUT2D eigenvalue weighted by molar-refractivity contribution is 5.79. The molecule has 3 rings (SSSR count). The molecule has 0 saturated carbocycles. The van der Waals surface area contributed by atoms with Crippen LogP contribution in [-0.4, -0.2) is 45.3 Å². The second kappa shape index (κ2) is 7.65. The molecular weight excluding hydrogens is 318 g/mol. The lowest BCUT2D eigenvalue weighted by atomic mass is 10.1. The highest BCUT2D eigenvalue weighted by Gasteiger charge is 2.28. The van der Waals surface area contributed by atoms with Gasteiger partial charge in [0.1, 0.15) is 17.9 Å². The van der Waals surface area contributed by atoms with E-state index in [0.717, 1.165) is 17.1 Å². The van der Waals surface area contributed by atoms with Gasteiger partial charge in [0.15, 0.2) is 0 Å². The normalized spacial score (nSPS) is 17.8. The Hall–Kier alpha value is -2.41. The van der Waals surface area contributed by atoms with Crippen molar-refractivity contribution in [2.24, 2.45) is 5.92 Å². The minimum absolute atomic E-state index is 0.0587. The molecule has 0 saturated heterocycles. The van der Waals surface area contributed by atoms with Crippen molar-refractivity contribution >= 4 is 5.91 Å². The molecule has 1 aliphatic heterocycles. The summed E-state index contributed by atoms with van der Waals surface area (Å²) in [6, 6.07) is 8.09. The maximum atomic E-state index is 12.6. The lowest BCUT2D eigenvalue weighted by Crippen LogP contribution is -2.41. The number of hydrogen-bond acceptors (Lipinski definition) is 5.